The molecule has 1 aliphatic carbocycles. The largest absolute Gasteiger partial charge is 0.378 e. The van der Waals surface area contributed by atoms with Gasteiger partial charge in [-0.15, -0.1) is 0 Å². The minimum atomic E-state index is 0.322. The van der Waals surface area contributed by atoms with Gasteiger partial charge in [0.1, 0.15) is 0 Å². The van der Waals surface area contributed by atoms with Crippen LogP contribution in [-0.4, -0.2) is 49.8 Å². The van der Waals surface area contributed by atoms with Crippen LogP contribution in [0.1, 0.15) is 40.5 Å². The zero-order valence-electron chi connectivity index (χ0n) is 12.5. The van der Waals surface area contributed by atoms with Gasteiger partial charge in [0.05, 0.1) is 6.10 Å². The van der Waals surface area contributed by atoms with Crippen molar-refractivity contribution in [1.29, 1.82) is 0 Å². The van der Waals surface area contributed by atoms with Gasteiger partial charge in [0.25, 0.3) is 0 Å². The van der Waals surface area contributed by atoms with Gasteiger partial charge in [-0.25, -0.2) is 0 Å². The summed E-state index contributed by atoms with van der Waals surface area (Å²) in [5, 5.41) is 3.53. The molecule has 0 aromatic carbocycles. The van der Waals surface area contributed by atoms with Crippen molar-refractivity contribution in [3.63, 3.8) is 0 Å². The molecule has 1 saturated carbocycles. The number of nitrogens with zero attached hydrogens (tertiary/aromatic N) is 1. The standard InChI is InChI=1S/C15H30N2O/c1-5-18-14-9-13(15(14,3)4)17-8-6-7-16-10-12(2)11-17/h12-14,16H,5-11H2,1-4H3. The van der Waals surface area contributed by atoms with Gasteiger partial charge >= 0.3 is 0 Å². The van der Waals surface area contributed by atoms with Crippen molar-refractivity contribution in [3.8, 4) is 0 Å². The molecule has 1 heterocycles. The molecule has 2 rings (SSSR count). The first-order valence-electron chi connectivity index (χ1n) is 7.62. The lowest BCUT2D eigenvalue weighted by molar-refractivity contribution is -0.152. The predicted molar refractivity (Wildman–Crippen MR) is 75.8 cm³/mol. The Kier molecular flexibility index (Phi) is 4.68. The summed E-state index contributed by atoms with van der Waals surface area (Å²) < 4.78 is 5.86. The van der Waals surface area contributed by atoms with Gasteiger partial charge in [0.15, 0.2) is 0 Å². The molecule has 0 aromatic heterocycles. The second-order valence-corrected chi connectivity index (χ2v) is 6.67. The Morgan fingerprint density at radius 1 is 1.39 bits per heavy atom. The zero-order valence-corrected chi connectivity index (χ0v) is 12.5. The van der Waals surface area contributed by atoms with Crippen LogP contribution in [0.3, 0.4) is 0 Å². The molecule has 1 N–H and O–H groups in total. The highest BCUT2D eigenvalue weighted by atomic mass is 16.5. The summed E-state index contributed by atoms with van der Waals surface area (Å²) in [7, 11) is 0. The first-order chi connectivity index (χ1) is 8.55. The highest BCUT2D eigenvalue weighted by Crippen LogP contribution is 2.46. The predicted octanol–water partition coefficient (Wildman–Crippen LogP) is 2.12. The van der Waals surface area contributed by atoms with E-state index in [4.69, 9.17) is 4.74 Å². The molecular weight excluding hydrogens is 224 g/mol. The van der Waals surface area contributed by atoms with Crippen LogP contribution in [0.15, 0.2) is 0 Å². The fourth-order valence-corrected chi connectivity index (χ4v) is 3.56. The van der Waals surface area contributed by atoms with E-state index in [-0.39, 0.29) is 0 Å². The Morgan fingerprint density at radius 3 is 2.83 bits per heavy atom. The summed E-state index contributed by atoms with van der Waals surface area (Å²) in [4.78, 5) is 2.72. The quantitative estimate of drug-likeness (QED) is 0.835. The monoisotopic (exact) mass is 254 g/mol. The molecule has 2 aliphatic rings. The van der Waals surface area contributed by atoms with Crippen LogP contribution in [0.2, 0.25) is 0 Å². The van der Waals surface area contributed by atoms with E-state index in [0.29, 0.717) is 11.5 Å². The van der Waals surface area contributed by atoms with Crippen molar-refractivity contribution in [2.75, 3.05) is 32.8 Å². The first-order valence-corrected chi connectivity index (χ1v) is 7.62. The summed E-state index contributed by atoms with van der Waals surface area (Å²) in [6, 6.07) is 0.717. The molecule has 0 aromatic rings. The molecule has 18 heavy (non-hydrogen) atoms. The molecule has 2 fully saturated rings. The van der Waals surface area contributed by atoms with Gasteiger partial charge in [-0.2, -0.15) is 0 Å². The highest BCUT2D eigenvalue weighted by molar-refractivity contribution is 5.04. The normalized spacial score (nSPS) is 37.7. The van der Waals surface area contributed by atoms with Crippen LogP contribution in [0.25, 0.3) is 0 Å². The van der Waals surface area contributed by atoms with Crippen LogP contribution in [0.4, 0.5) is 0 Å². The van der Waals surface area contributed by atoms with Gasteiger partial charge < -0.3 is 10.1 Å². The molecule has 1 aliphatic heterocycles. The third-order valence-electron chi connectivity index (χ3n) is 4.77. The molecule has 0 bridgehead atoms. The van der Waals surface area contributed by atoms with Crippen molar-refractivity contribution in [3.05, 3.63) is 0 Å². The number of ether oxygens (including phenoxy) is 1. The van der Waals surface area contributed by atoms with E-state index in [0.717, 1.165) is 18.6 Å². The van der Waals surface area contributed by atoms with E-state index in [1.165, 1.54) is 39.0 Å². The first kappa shape index (κ1) is 14.3. The molecule has 3 nitrogen and oxygen atoms in total. The van der Waals surface area contributed by atoms with Crippen molar-refractivity contribution in [1.82, 2.24) is 10.2 Å². The smallest absolute Gasteiger partial charge is 0.0655 e. The third-order valence-corrected chi connectivity index (χ3v) is 4.77. The zero-order chi connectivity index (χ0) is 13.2. The summed E-state index contributed by atoms with van der Waals surface area (Å²) >= 11 is 0. The fraction of sp³-hybridized carbons (Fsp3) is 1.00. The summed E-state index contributed by atoms with van der Waals surface area (Å²) in [6.07, 6.45) is 2.96. The van der Waals surface area contributed by atoms with Crippen molar-refractivity contribution in [2.24, 2.45) is 11.3 Å². The van der Waals surface area contributed by atoms with Gasteiger partial charge in [0, 0.05) is 24.6 Å². The number of hydrogen-bond acceptors (Lipinski definition) is 3. The van der Waals surface area contributed by atoms with Crippen molar-refractivity contribution >= 4 is 0 Å². The maximum Gasteiger partial charge on any atom is 0.0655 e. The van der Waals surface area contributed by atoms with E-state index in [2.05, 4.69) is 37.9 Å². The topological polar surface area (TPSA) is 24.5 Å². The lowest BCUT2D eigenvalue weighted by Gasteiger charge is -2.56. The van der Waals surface area contributed by atoms with Gasteiger partial charge in [-0.1, -0.05) is 20.8 Å². The molecule has 3 unspecified atom stereocenters. The molecule has 1 saturated heterocycles. The van der Waals surface area contributed by atoms with Crippen LogP contribution in [0.5, 0.6) is 0 Å². The lowest BCUT2D eigenvalue weighted by Crippen LogP contribution is -2.63. The SMILES string of the molecule is CCOC1CC(N2CCCNCC(C)C2)C1(C)C. The minimum Gasteiger partial charge on any atom is -0.378 e. The summed E-state index contributed by atoms with van der Waals surface area (Å²) in [6.45, 7) is 14.9. The second kappa shape index (κ2) is 5.89. The maximum atomic E-state index is 5.86. The highest BCUT2D eigenvalue weighted by Gasteiger charge is 2.51. The number of nitrogens with one attached hydrogen (secondary N) is 1. The van der Waals surface area contributed by atoms with E-state index in [1.807, 2.05) is 0 Å². The van der Waals surface area contributed by atoms with Crippen molar-refractivity contribution in [2.45, 2.75) is 52.7 Å². The van der Waals surface area contributed by atoms with Gasteiger partial charge in [-0.05, 0) is 45.3 Å². The fourth-order valence-electron chi connectivity index (χ4n) is 3.56. The van der Waals surface area contributed by atoms with E-state index in [9.17, 15) is 0 Å². The van der Waals surface area contributed by atoms with Crippen molar-refractivity contribution < 1.29 is 4.74 Å². The Morgan fingerprint density at radius 2 is 2.17 bits per heavy atom. The molecule has 0 amide bonds. The number of hydrogen-bond donors (Lipinski definition) is 1. The Balaban J connectivity index is 1.94. The third kappa shape index (κ3) is 2.89. The molecule has 3 atom stereocenters. The Hall–Kier alpha value is -0.120. The summed E-state index contributed by atoms with van der Waals surface area (Å²) in [5.41, 5.74) is 0.322. The molecule has 0 radical (unpaired) electrons. The number of rotatable bonds is 3. The van der Waals surface area contributed by atoms with Gasteiger partial charge in [-0.3, -0.25) is 4.90 Å². The molecular formula is C15H30N2O. The maximum absolute atomic E-state index is 5.86. The van der Waals surface area contributed by atoms with Crippen LogP contribution < -0.4 is 5.32 Å². The molecule has 3 heteroatoms. The summed E-state index contributed by atoms with van der Waals surface area (Å²) in [5.74, 6) is 0.757. The van der Waals surface area contributed by atoms with Crippen LogP contribution in [-0.2, 0) is 4.74 Å². The van der Waals surface area contributed by atoms with Crippen LogP contribution in [0, 0.1) is 11.3 Å². The van der Waals surface area contributed by atoms with Gasteiger partial charge in [0.2, 0.25) is 0 Å². The lowest BCUT2D eigenvalue weighted by atomic mass is 9.63. The second-order valence-electron chi connectivity index (χ2n) is 6.67. The molecule has 0 spiro atoms. The molecule has 106 valence electrons. The minimum absolute atomic E-state index is 0.322. The average Bonchev–Trinajstić information content (AvgIpc) is 2.29. The Bertz CT molecular complexity index is 267. The Labute approximate surface area is 112 Å². The van der Waals surface area contributed by atoms with Crippen LogP contribution >= 0.6 is 0 Å². The van der Waals surface area contributed by atoms with E-state index in [1.54, 1.807) is 0 Å². The van der Waals surface area contributed by atoms with E-state index < -0.39 is 0 Å². The average molecular weight is 254 g/mol. The van der Waals surface area contributed by atoms with E-state index >= 15 is 0 Å².